The molecule has 1 unspecified atom stereocenters. The van der Waals surface area contributed by atoms with Crippen LogP contribution < -0.4 is 0 Å². The summed E-state index contributed by atoms with van der Waals surface area (Å²) in [6.07, 6.45) is 94.7. The maximum Gasteiger partial charge on any atom is 0.306 e. The molecule has 0 spiro atoms. The lowest BCUT2D eigenvalue weighted by Gasteiger charge is -2.18. The van der Waals surface area contributed by atoms with Crippen molar-refractivity contribution in [2.45, 2.75) is 232 Å². The van der Waals surface area contributed by atoms with Gasteiger partial charge in [-0.3, -0.25) is 14.4 Å². The number of esters is 3. The number of ether oxygens (including phenoxy) is 3. The molecule has 0 radical (unpaired) electrons. The molecular formula is C71H108O6. The van der Waals surface area contributed by atoms with E-state index in [1.807, 2.05) is 0 Å². The molecule has 0 aliphatic carbocycles. The molecule has 0 fully saturated rings. The number of rotatable bonds is 52. The minimum absolute atomic E-state index is 0.123. The van der Waals surface area contributed by atoms with E-state index in [9.17, 15) is 14.4 Å². The molecule has 0 rings (SSSR count). The zero-order valence-electron chi connectivity index (χ0n) is 48.9. The van der Waals surface area contributed by atoms with Crippen molar-refractivity contribution in [2.24, 2.45) is 0 Å². The third-order valence-electron chi connectivity index (χ3n) is 11.9. The first-order chi connectivity index (χ1) is 38.0. The normalized spacial score (nSPS) is 13.4. The molecule has 1 atom stereocenters. The first-order valence-corrected chi connectivity index (χ1v) is 30.3. The zero-order valence-corrected chi connectivity index (χ0v) is 48.9. The third kappa shape index (κ3) is 61.2. The van der Waals surface area contributed by atoms with Crippen LogP contribution in [0.3, 0.4) is 0 Å². The Hall–Kier alpha value is -5.49. The van der Waals surface area contributed by atoms with Gasteiger partial charge in [0.2, 0.25) is 0 Å². The standard InChI is InChI=1S/C71H108O6/c1-4-7-10-13-16-19-22-25-27-29-30-31-32-33-34-35-36-37-38-39-40-42-43-46-49-52-55-58-61-64-70(73)76-67-68(66-75-69(72)63-60-57-54-51-48-45-24-21-18-15-12-9-6-3)77-71(74)65-62-59-56-53-50-47-44-41-28-26-23-20-17-14-11-8-5-2/h7-8,10-12,15-17,19-21,24-28,30-31,33-34,36-37,39-40,43-44,46-47,52,55,68H,4-6,9,13-14,18,22-23,29,32,35,38,41-42,45,48-51,53-54,56-67H2,1-3H3/b10-7-,11-8-,15-12-,19-16-,20-17-,24-21-,27-25-,28-26-,31-30-,34-33-,37-36-,40-39-,46-43-,47-44-,55-52-. The highest BCUT2D eigenvalue weighted by molar-refractivity contribution is 5.71. The fourth-order valence-electron chi connectivity index (χ4n) is 7.41. The van der Waals surface area contributed by atoms with Crippen LogP contribution in [0.1, 0.15) is 226 Å². The molecule has 6 nitrogen and oxygen atoms in total. The van der Waals surface area contributed by atoms with E-state index >= 15 is 0 Å². The Morgan fingerprint density at radius 2 is 0.519 bits per heavy atom. The summed E-state index contributed by atoms with van der Waals surface area (Å²) in [5.41, 5.74) is 0. The molecule has 77 heavy (non-hydrogen) atoms. The molecule has 0 bridgehead atoms. The number of carbonyl (C=O) groups excluding carboxylic acids is 3. The maximum absolute atomic E-state index is 12.9. The van der Waals surface area contributed by atoms with Gasteiger partial charge >= 0.3 is 17.9 Å². The molecule has 0 aliphatic heterocycles. The smallest absolute Gasteiger partial charge is 0.306 e. The summed E-state index contributed by atoms with van der Waals surface area (Å²) in [6, 6.07) is 0. The molecule has 0 saturated carbocycles. The minimum atomic E-state index is -0.832. The van der Waals surface area contributed by atoms with Gasteiger partial charge in [-0.25, -0.2) is 0 Å². The van der Waals surface area contributed by atoms with Crippen LogP contribution in [-0.4, -0.2) is 37.2 Å². The first kappa shape index (κ1) is 71.5. The van der Waals surface area contributed by atoms with Crippen LogP contribution in [0.25, 0.3) is 0 Å². The third-order valence-corrected chi connectivity index (χ3v) is 11.9. The van der Waals surface area contributed by atoms with Crippen LogP contribution in [0, 0.1) is 0 Å². The topological polar surface area (TPSA) is 78.9 Å². The largest absolute Gasteiger partial charge is 0.462 e. The highest BCUT2D eigenvalue weighted by atomic mass is 16.6. The van der Waals surface area contributed by atoms with Crippen molar-refractivity contribution in [3.05, 3.63) is 182 Å². The summed E-state index contributed by atoms with van der Waals surface area (Å²) in [6.45, 7) is 6.24. The van der Waals surface area contributed by atoms with Gasteiger partial charge in [-0.15, -0.1) is 0 Å². The molecule has 0 aromatic heterocycles. The van der Waals surface area contributed by atoms with Crippen molar-refractivity contribution in [3.63, 3.8) is 0 Å². The Kier molecular flexibility index (Phi) is 58.6. The van der Waals surface area contributed by atoms with Crippen molar-refractivity contribution in [2.75, 3.05) is 13.2 Å². The Morgan fingerprint density at radius 1 is 0.273 bits per heavy atom. The number of allylic oxidation sites excluding steroid dienone is 30. The van der Waals surface area contributed by atoms with E-state index in [1.165, 1.54) is 6.42 Å². The Morgan fingerprint density at radius 3 is 0.844 bits per heavy atom. The molecule has 0 N–H and O–H groups in total. The number of hydrogen-bond donors (Lipinski definition) is 0. The Labute approximate surface area is 472 Å². The number of hydrogen-bond acceptors (Lipinski definition) is 6. The van der Waals surface area contributed by atoms with Gasteiger partial charge in [0.25, 0.3) is 0 Å². The average molecular weight is 1060 g/mol. The van der Waals surface area contributed by atoms with Gasteiger partial charge < -0.3 is 14.2 Å². The van der Waals surface area contributed by atoms with Crippen LogP contribution in [0.4, 0.5) is 0 Å². The van der Waals surface area contributed by atoms with E-state index in [1.54, 1.807) is 0 Å². The van der Waals surface area contributed by atoms with Gasteiger partial charge in [0.1, 0.15) is 13.2 Å². The maximum atomic E-state index is 12.9. The first-order valence-electron chi connectivity index (χ1n) is 30.3. The summed E-state index contributed by atoms with van der Waals surface area (Å²) in [5, 5.41) is 0. The van der Waals surface area contributed by atoms with Gasteiger partial charge in [0, 0.05) is 19.3 Å². The summed E-state index contributed by atoms with van der Waals surface area (Å²) < 4.78 is 16.8. The molecule has 0 aromatic carbocycles. The molecule has 0 saturated heterocycles. The van der Waals surface area contributed by atoms with E-state index in [-0.39, 0.29) is 44.0 Å². The predicted molar refractivity (Wildman–Crippen MR) is 334 cm³/mol. The van der Waals surface area contributed by atoms with Gasteiger partial charge in [-0.1, -0.05) is 242 Å². The molecule has 0 aromatic rings. The van der Waals surface area contributed by atoms with E-state index in [4.69, 9.17) is 14.2 Å². The number of unbranched alkanes of at least 4 members (excludes halogenated alkanes) is 11. The van der Waals surface area contributed by atoms with E-state index < -0.39 is 6.10 Å². The summed E-state index contributed by atoms with van der Waals surface area (Å²) in [7, 11) is 0. The second-order valence-electron chi connectivity index (χ2n) is 19.1. The second-order valence-corrected chi connectivity index (χ2v) is 19.1. The fourth-order valence-corrected chi connectivity index (χ4v) is 7.41. The Balaban J connectivity index is 4.51. The number of carbonyl (C=O) groups is 3. The van der Waals surface area contributed by atoms with Gasteiger partial charge in [0.05, 0.1) is 0 Å². The SMILES string of the molecule is CC/C=C\C/C=C\C/C=C\C/C=C\C/C=C\C/C=C\C/C=C\C/C=C\C/C=C\CCCC(=O)OCC(COC(=O)CCCCCCC/C=C\C/C=C\CCC)OC(=O)CCCCCC/C=C\C/C=C\C/C=C\C/C=C\CC. The molecular weight excluding hydrogens is 949 g/mol. The lowest BCUT2D eigenvalue weighted by Crippen LogP contribution is -2.30. The van der Waals surface area contributed by atoms with Gasteiger partial charge in [-0.05, 0) is 148 Å². The predicted octanol–water partition coefficient (Wildman–Crippen LogP) is 20.9. The second kappa shape index (κ2) is 63.0. The fraction of sp³-hybridized carbons (Fsp3) is 0.535. The van der Waals surface area contributed by atoms with Crippen molar-refractivity contribution < 1.29 is 28.6 Å². The van der Waals surface area contributed by atoms with Crippen molar-refractivity contribution in [1.82, 2.24) is 0 Å². The van der Waals surface area contributed by atoms with Crippen LogP contribution in [0.15, 0.2) is 182 Å². The lowest BCUT2D eigenvalue weighted by molar-refractivity contribution is -0.167. The monoisotopic (exact) mass is 1060 g/mol. The zero-order chi connectivity index (χ0) is 55.7. The van der Waals surface area contributed by atoms with Crippen molar-refractivity contribution in [3.8, 4) is 0 Å². The average Bonchev–Trinajstić information content (AvgIpc) is 3.43. The summed E-state index contributed by atoms with van der Waals surface area (Å²) >= 11 is 0. The summed E-state index contributed by atoms with van der Waals surface area (Å²) in [5.74, 6) is -1.03. The van der Waals surface area contributed by atoms with Gasteiger partial charge in [-0.2, -0.15) is 0 Å². The lowest BCUT2D eigenvalue weighted by atomic mass is 10.1. The van der Waals surface area contributed by atoms with Gasteiger partial charge in [0.15, 0.2) is 6.10 Å². The van der Waals surface area contributed by atoms with E-state index in [2.05, 4.69) is 203 Å². The van der Waals surface area contributed by atoms with Crippen LogP contribution >= 0.6 is 0 Å². The molecule has 0 heterocycles. The van der Waals surface area contributed by atoms with Crippen LogP contribution in [0.5, 0.6) is 0 Å². The van der Waals surface area contributed by atoms with Crippen LogP contribution in [-0.2, 0) is 28.6 Å². The highest BCUT2D eigenvalue weighted by Crippen LogP contribution is 2.12. The van der Waals surface area contributed by atoms with Crippen LogP contribution in [0.2, 0.25) is 0 Å². The highest BCUT2D eigenvalue weighted by Gasteiger charge is 2.19. The molecule has 0 amide bonds. The van der Waals surface area contributed by atoms with E-state index in [0.29, 0.717) is 12.8 Å². The van der Waals surface area contributed by atoms with E-state index in [0.717, 1.165) is 173 Å². The molecule has 6 heteroatoms. The van der Waals surface area contributed by atoms with Crippen molar-refractivity contribution >= 4 is 17.9 Å². The Bertz CT molecular complexity index is 1840. The van der Waals surface area contributed by atoms with Crippen molar-refractivity contribution in [1.29, 1.82) is 0 Å². The molecule has 428 valence electrons. The minimum Gasteiger partial charge on any atom is -0.462 e. The molecule has 0 aliphatic rings. The quantitative estimate of drug-likeness (QED) is 0.0261. The summed E-state index contributed by atoms with van der Waals surface area (Å²) in [4.78, 5) is 38.2.